The summed E-state index contributed by atoms with van der Waals surface area (Å²) in [5, 5.41) is 13.8. The molecule has 0 radical (unpaired) electrons. The van der Waals surface area contributed by atoms with Crippen LogP contribution in [0.15, 0.2) is 52.6 Å². The summed E-state index contributed by atoms with van der Waals surface area (Å²) in [7, 11) is 0. The van der Waals surface area contributed by atoms with Crippen molar-refractivity contribution in [2.75, 3.05) is 6.54 Å². The number of halogens is 1. The first-order chi connectivity index (χ1) is 13.5. The number of hydrogen-bond acceptors (Lipinski definition) is 4. The summed E-state index contributed by atoms with van der Waals surface area (Å²) < 4.78 is 0.712. The van der Waals surface area contributed by atoms with Crippen molar-refractivity contribution in [3.63, 3.8) is 0 Å². The minimum Gasteiger partial charge on any atom is -0.392 e. The first-order valence-corrected chi connectivity index (χ1v) is 10.4. The van der Waals surface area contributed by atoms with E-state index >= 15 is 0 Å². The zero-order valence-electron chi connectivity index (χ0n) is 16.4. The SMILES string of the molecule is CC(C)C(CN)c1ccc(-c2c(CO)ccc3[nH]c(=O)c4sccc4c23)cc1.Cl. The molecule has 0 aliphatic rings. The lowest BCUT2D eigenvalue weighted by molar-refractivity contribution is 0.282. The third kappa shape index (κ3) is 3.71. The van der Waals surface area contributed by atoms with Gasteiger partial charge in [-0.1, -0.05) is 44.2 Å². The van der Waals surface area contributed by atoms with Gasteiger partial charge in [0.25, 0.3) is 5.56 Å². The summed E-state index contributed by atoms with van der Waals surface area (Å²) in [4.78, 5) is 15.4. The molecule has 2 heterocycles. The van der Waals surface area contributed by atoms with Gasteiger partial charge in [0.05, 0.1) is 6.61 Å². The summed E-state index contributed by atoms with van der Waals surface area (Å²) in [6, 6.07) is 14.2. The molecule has 0 fully saturated rings. The van der Waals surface area contributed by atoms with Crippen molar-refractivity contribution in [1.82, 2.24) is 4.98 Å². The average Bonchev–Trinajstić information content (AvgIpc) is 3.19. The number of nitrogens with two attached hydrogens (primary N) is 1. The van der Waals surface area contributed by atoms with Crippen molar-refractivity contribution < 1.29 is 5.11 Å². The van der Waals surface area contributed by atoms with Crippen LogP contribution in [0.1, 0.15) is 30.9 Å². The van der Waals surface area contributed by atoms with E-state index in [9.17, 15) is 9.90 Å². The Balaban J connectivity index is 0.00000240. The monoisotopic (exact) mass is 428 g/mol. The fourth-order valence-corrected chi connectivity index (χ4v) is 4.84. The molecule has 1 unspecified atom stereocenters. The Bertz CT molecular complexity index is 1200. The number of aromatic nitrogens is 1. The number of benzene rings is 2. The number of aromatic amines is 1. The molecule has 29 heavy (non-hydrogen) atoms. The zero-order valence-corrected chi connectivity index (χ0v) is 18.1. The number of rotatable bonds is 5. The number of aliphatic hydroxyl groups is 1. The lowest BCUT2D eigenvalue weighted by atomic mass is 9.86. The lowest BCUT2D eigenvalue weighted by Crippen LogP contribution is -2.17. The van der Waals surface area contributed by atoms with Crippen molar-refractivity contribution >= 4 is 44.7 Å². The van der Waals surface area contributed by atoms with E-state index in [0.717, 1.165) is 33.0 Å². The fraction of sp³-hybridized carbons (Fsp3) is 0.261. The van der Waals surface area contributed by atoms with Gasteiger partial charge in [-0.3, -0.25) is 4.79 Å². The molecule has 4 aromatic rings. The molecule has 0 aliphatic carbocycles. The smallest absolute Gasteiger partial charge is 0.266 e. The van der Waals surface area contributed by atoms with Crippen molar-refractivity contribution in [3.05, 3.63) is 69.3 Å². The number of H-pyrrole nitrogens is 1. The minimum atomic E-state index is -0.0710. The maximum atomic E-state index is 12.4. The van der Waals surface area contributed by atoms with Crippen molar-refractivity contribution in [2.45, 2.75) is 26.4 Å². The van der Waals surface area contributed by atoms with E-state index in [4.69, 9.17) is 5.73 Å². The number of pyridine rings is 1. The van der Waals surface area contributed by atoms with E-state index < -0.39 is 0 Å². The fourth-order valence-electron chi connectivity index (χ4n) is 4.04. The number of thiophene rings is 1. The molecule has 4 rings (SSSR count). The zero-order chi connectivity index (χ0) is 19.8. The van der Waals surface area contributed by atoms with Crippen LogP contribution in [-0.4, -0.2) is 16.6 Å². The Labute approximate surface area is 179 Å². The van der Waals surface area contributed by atoms with Crippen LogP contribution in [-0.2, 0) is 6.61 Å². The van der Waals surface area contributed by atoms with E-state index in [0.29, 0.717) is 23.1 Å². The number of hydrogen-bond donors (Lipinski definition) is 3. The molecule has 6 heteroatoms. The summed E-state index contributed by atoms with van der Waals surface area (Å²) in [6.45, 7) is 4.92. The van der Waals surface area contributed by atoms with Gasteiger partial charge >= 0.3 is 0 Å². The molecule has 0 aliphatic heterocycles. The van der Waals surface area contributed by atoms with E-state index in [2.05, 4.69) is 43.1 Å². The first kappa shape index (κ1) is 21.5. The topological polar surface area (TPSA) is 79.1 Å². The molecule has 0 bridgehead atoms. The maximum Gasteiger partial charge on any atom is 0.266 e. The molecule has 1 atom stereocenters. The van der Waals surface area contributed by atoms with Gasteiger partial charge in [0.2, 0.25) is 0 Å². The predicted molar refractivity (Wildman–Crippen MR) is 125 cm³/mol. The molecule has 2 aromatic heterocycles. The molecule has 0 saturated heterocycles. The van der Waals surface area contributed by atoms with Crippen LogP contribution in [0.5, 0.6) is 0 Å². The predicted octanol–water partition coefficient (Wildman–Crippen LogP) is 5.02. The van der Waals surface area contributed by atoms with Crippen LogP contribution in [0.4, 0.5) is 0 Å². The van der Waals surface area contributed by atoms with E-state index in [1.54, 1.807) is 0 Å². The third-order valence-electron chi connectivity index (χ3n) is 5.54. The molecule has 0 saturated carbocycles. The van der Waals surface area contributed by atoms with E-state index in [-0.39, 0.29) is 24.6 Å². The van der Waals surface area contributed by atoms with Crippen molar-refractivity contribution in [3.8, 4) is 11.1 Å². The van der Waals surface area contributed by atoms with E-state index in [1.165, 1.54) is 16.9 Å². The molecule has 2 aromatic carbocycles. The van der Waals surface area contributed by atoms with Crippen LogP contribution in [0.3, 0.4) is 0 Å². The van der Waals surface area contributed by atoms with Gasteiger partial charge in [0, 0.05) is 16.3 Å². The van der Waals surface area contributed by atoms with Crippen LogP contribution in [0.25, 0.3) is 32.1 Å². The second-order valence-electron chi connectivity index (χ2n) is 7.51. The largest absolute Gasteiger partial charge is 0.392 e. The van der Waals surface area contributed by atoms with Crippen LogP contribution in [0.2, 0.25) is 0 Å². The molecular formula is C23H25ClN2O2S. The quantitative estimate of drug-likeness (QED) is 0.417. The second kappa shape index (κ2) is 8.67. The van der Waals surface area contributed by atoms with Gasteiger partial charge in [-0.2, -0.15) is 0 Å². The van der Waals surface area contributed by atoms with E-state index in [1.807, 2.05) is 23.6 Å². The number of nitrogens with one attached hydrogen (secondary N) is 1. The highest BCUT2D eigenvalue weighted by Crippen LogP contribution is 2.37. The Hall–Kier alpha value is -2.18. The molecule has 152 valence electrons. The van der Waals surface area contributed by atoms with Crippen LogP contribution >= 0.6 is 23.7 Å². The Kier molecular flexibility index (Phi) is 6.44. The van der Waals surface area contributed by atoms with Gasteiger partial charge in [0.1, 0.15) is 4.70 Å². The number of fused-ring (bicyclic) bond motifs is 3. The third-order valence-corrected chi connectivity index (χ3v) is 6.45. The maximum absolute atomic E-state index is 12.4. The van der Waals surface area contributed by atoms with Gasteiger partial charge < -0.3 is 15.8 Å². The highest BCUT2D eigenvalue weighted by molar-refractivity contribution is 7.17. The van der Waals surface area contributed by atoms with Gasteiger partial charge in [-0.05, 0) is 58.1 Å². The Morgan fingerprint density at radius 3 is 2.45 bits per heavy atom. The molecule has 0 spiro atoms. The Morgan fingerprint density at radius 1 is 1.10 bits per heavy atom. The first-order valence-electron chi connectivity index (χ1n) is 9.51. The summed E-state index contributed by atoms with van der Waals surface area (Å²) in [5.74, 6) is 0.788. The average molecular weight is 429 g/mol. The van der Waals surface area contributed by atoms with Crippen LogP contribution in [0, 0.1) is 5.92 Å². The second-order valence-corrected chi connectivity index (χ2v) is 8.42. The summed E-state index contributed by atoms with van der Waals surface area (Å²) in [6.07, 6.45) is 0. The minimum absolute atomic E-state index is 0. The normalized spacial score (nSPS) is 12.4. The van der Waals surface area contributed by atoms with Gasteiger partial charge in [-0.15, -0.1) is 23.7 Å². The van der Waals surface area contributed by atoms with Crippen LogP contribution < -0.4 is 11.3 Å². The van der Waals surface area contributed by atoms with Gasteiger partial charge in [0.15, 0.2) is 0 Å². The molecule has 4 N–H and O–H groups in total. The standard InChI is InChI=1S/C23H24N2O2S.ClH/c1-13(2)18(11-24)14-3-5-15(6-4-14)20-16(12-26)7-8-19-21(20)17-9-10-28-22(17)23(27)25-19;/h3-10,13,18,26H,11-12,24H2,1-2H3,(H,25,27);1H. The molecule has 4 nitrogen and oxygen atoms in total. The number of aliphatic hydroxyl groups excluding tert-OH is 1. The van der Waals surface area contributed by atoms with Crippen molar-refractivity contribution in [1.29, 1.82) is 0 Å². The lowest BCUT2D eigenvalue weighted by Gasteiger charge is -2.20. The van der Waals surface area contributed by atoms with Gasteiger partial charge in [-0.25, -0.2) is 0 Å². The van der Waals surface area contributed by atoms with Crippen molar-refractivity contribution in [2.24, 2.45) is 11.7 Å². The summed E-state index contributed by atoms with van der Waals surface area (Å²) in [5.41, 5.74) is 10.8. The molecular weight excluding hydrogens is 404 g/mol. The Morgan fingerprint density at radius 2 is 1.83 bits per heavy atom. The highest BCUT2D eigenvalue weighted by atomic mass is 35.5. The molecule has 0 amide bonds. The summed E-state index contributed by atoms with van der Waals surface area (Å²) >= 11 is 1.44. The highest BCUT2D eigenvalue weighted by Gasteiger charge is 2.17.